The van der Waals surface area contributed by atoms with Gasteiger partial charge in [0.1, 0.15) is 46.0 Å². The lowest BCUT2D eigenvalue weighted by Crippen LogP contribution is -2.31. The number of aromatic hydroxyl groups is 3. The Balaban J connectivity index is 1.61. The van der Waals surface area contributed by atoms with Gasteiger partial charge in [0.2, 0.25) is 0 Å². The first kappa shape index (κ1) is 20.8. The molecule has 0 aliphatic carbocycles. The predicted molar refractivity (Wildman–Crippen MR) is 117 cm³/mol. The van der Waals surface area contributed by atoms with Crippen LogP contribution in [-0.2, 0) is 0 Å². The van der Waals surface area contributed by atoms with Gasteiger partial charge in [-0.15, -0.1) is 0 Å². The molecule has 6 nitrogen and oxygen atoms in total. The van der Waals surface area contributed by atoms with Crippen molar-refractivity contribution in [2.45, 2.75) is 51.7 Å². The Hall–Kier alpha value is -3.41. The highest BCUT2D eigenvalue weighted by Crippen LogP contribution is 2.46. The molecule has 0 saturated heterocycles. The molecule has 3 N–H and O–H groups in total. The van der Waals surface area contributed by atoms with Crippen molar-refractivity contribution >= 4 is 11.9 Å². The monoisotopic (exact) mass is 422 g/mol. The van der Waals surface area contributed by atoms with Crippen molar-refractivity contribution in [3.8, 4) is 28.7 Å². The molecule has 0 fully saturated rings. The maximum absolute atomic E-state index is 12.6. The Bertz CT molecular complexity index is 1110. The Morgan fingerprint density at radius 1 is 1.19 bits per heavy atom. The molecular weight excluding hydrogens is 396 g/mol. The topological polar surface area (TPSA) is 96.2 Å². The maximum Gasteiger partial charge on any atom is 0.174 e. The number of carbonyl (C=O) groups is 1. The summed E-state index contributed by atoms with van der Waals surface area (Å²) in [5.74, 6) is -0.194. The zero-order valence-electron chi connectivity index (χ0n) is 17.8. The van der Waals surface area contributed by atoms with Gasteiger partial charge in [0.05, 0.1) is 12.0 Å². The first-order valence-corrected chi connectivity index (χ1v) is 10.3. The molecule has 2 heterocycles. The standard InChI is InChI=1S/C25H26O6/c1-14(2)5-4-9-25(3)10-8-17-20(31-25)7-6-16(24(17)29)21-13-19(28)23-18(27)11-15(26)12-22(23)30-21/h5-8,10-12,21,26-27,29H,4,9,13H2,1-3H3. The summed E-state index contributed by atoms with van der Waals surface area (Å²) in [5, 5.41) is 30.6. The third kappa shape index (κ3) is 3.98. The highest BCUT2D eigenvalue weighted by atomic mass is 16.5. The second-order valence-electron chi connectivity index (χ2n) is 8.56. The van der Waals surface area contributed by atoms with Crippen LogP contribution in [0.3, 0.4) is 0 Å². The number of fused-ring (bicyclic) bond motifs is 2. The highest BCUT2D eigenvalue weighted by Gasteiger charge is 2.34. The van der Waals surface area contributed by atoms with Crippen molar-refractivity contribution in [1.82, 2.24) is 0 Å². The molecule has 2 aromatic rings. The normalized spacial score (nSPS) is 21.5. The van der Waals surface area contributed by atoms with Crippen molar-refractivity contribution in [3.05, 3.63) is 58.7 Å². The van der Waals surface area contributed by atoms with E-state index in [0.29, 0.717) is 16.9 Å². The summed E-state index contributed by atoms with van der Waals surface area (Å²) in [6, 6.07) is 5.86. The average Bonchev–Trinajstić information content (AvgIpc) is 2.66. The smallest absolute Gasteiger partial charge is 0.174 e. The lowest BCUT2D eigenvalue weighted by atomic mass is 9.91. The van der Waals surface area contributed by atoms with Crippen LogP contribution in [0.1, 0.15) is 67.6 Å². The fourth-order valence-corrected chi connectivity index (χ4v) is 4.04. The predicted octanol–water partition coefficient (Wildman–Crippen LogP) is 5.42. The molecule has 2 aliphatic rings. The third-order valence-electron chi connectivity index (χ3n) is 5.68. The van der Waals surface area contributed by atoms with Crippen LogP contribution in [-0.4, -0.2) is 26.7 Å². The molecule has 6 heteroatoms. The van der Waals surface area contributed by atoms with Gasteiger partial charge in [-0.2, -0.15) is 0 Å². The molecule has 0 saturated carbocycles. The molecular formula is C25H26O6. The van der Waals surface area contributed by atoms with E-state index in [4.69, 9.17) is 9.47 Å². The summed E-state index contributed by atoms with van der Waals surface area (Å²) in [6.45, 7) is 6.14. The number of Topliss-reactive ketones (excluding diaryl/α,β-unsaturated/α-hetero) is 1. The van der Waals surface area contributed by atoms with Crippen LogP contribution in [0.5, 0.6) is 28.7 Å². The molecule has 0 spiro atoms. The van der Waals surface area contributed by atoms with Crippen LogP contribution >= 0.6 is 0 Å². The van der Waals surface area contributed by atoms with E-state index in [2.05, 4.69) is 19.9 Å². The molecule has 0 amide bonds. The van der Waals surface area contributed by atoms with Gasteiger partial charge in [0.25, 0.3) is 0 Å². The van der Waals surface area contributed by atoms with E-state index in [0.717, 1.165) is 18.9 Å². The zero-order chi connectivity index (χ0) is 22.3. The van der Waals surface area contributed by atoms with Gasteiger partial charge in [0.15, 0.2) is 5.78 Å². The quantitative estimate of drug-likeness (QED) is 0.569. The fraction of sp³-hybridized carbons (Fsp3) is 0.320. The fourth-order valence-electron chi connectivity index (χ4n) is 4.04. The number of phenolic OH excluding ortho intramolecular Hbond substituents is 3. The third-order valence-corrected chi connectivity index (χ3v) is 5.68. The number of ketones is 1. The largest absolute Gasteiger partial charge is 0.508 e. The Labute approximate surface area is 181 Å². The van der Waals surface area contributed by atoms with Crippen molar-refractivity contribution in [2.75, 3.05) is 0 Å². The van der Waals surface area contributed by atoms with E-state index < -0.39 is 11.7 Å². The second-order valence-corrected chi connectivity index (χ2v) is 8.56. The molecule has 0 radical (unpaired) electrons. The molecule has 0 bridgehead atoms. The SMILES string of the molecule is CC(C)=CCCC1(C)C=Cc2c(ccc(C3CC(=O)c4c(O)cc(O)cc4O3)c2O)O1. The van der Waals surface area contributed by atoms with Gasteiger partial charge in [-0.05, 0) is 57.9 Å². The van der Waals surface area contributed by atoms with Gasteiger partial charge in [-0.3, -0.25) is 4.79 Å². The van der Waals surface area contributed by atoms with Gasteiger partial charge < -0.3 is 24.8 Å². The van der Waals surface area contributed by atoms with E-state index >= 15 is 0 Å². The summed E-state index contributed by atoms with van der Waals surface area (Å²) in [5.41, 5.74) is 1.82. The first-order valence-electron chi connectivity index (χ1n) is 10.3. The van der Waals surface area contributed by atoms with Crippen molar-refractivity contribution in [2.24, 2.45) is 0 Å². The number of benzene rings is 2. The van der Waals surface area contributed by atoms with Crippen LogP contribution in [0.2, 0.25) is 0 Å². The van der Waals surface area contributed by atoms with E-state index in [1.807, 2.05) is 19.1 Å². The van der Waals surface area contributed by atoms with Gasteiger partial charge in [-0.1, -0.05) is 11.6 Å². The molecule has 4 rings (SSSR count). The van der Waals surface area contributed by atoms with Gasteiger partial charge >= 0.3 is 0 Å². The number of phenols is 3. The summed E-state index contributed by atoms with van der Waals surface area (Å²) in [7, 11) is 0. The molecule has 31 heavy (non-hydrogen) atoms. The van der Waals surface area contributed by atoms with Crippen LogP contribution in [0.4, 0.5) is 0 Å². The maximum atomic E-state index is 12.6. The Kier molecular flexibility index (Phi) is 5.17. The molecule has 2 unspecified atom stereocenters. The average molecular weight is 422 g/mol. The molecule has 2 aromatic carbocycles. The molecule has 162 valence electrons. The van der Waals surface area contributed by atoms with E-state index in [9.17, 15) is 20.1 Å². The van der Waals surface area contributed by atoms with Gasteiger partial charge in [-0.25, -0.2) is 0 Å². The van der Waals surface area contributed by atoms with Gasteiger partial charge in [0, 0.05) is 17.7 Å². The minimum absolute atomic E-state index is 0.00859. The number of rotatable bonds is 4. The van der Waals surface area contributed by atoms with E-state index in [-0.39, 0.29) is 40.8 Å². The zero-order valence-corrected chi connectivity index (χ0v) is 17.8. The summed E-state index contributed by atoms with van der Waals surface area (Å²) >= 11 is 0. The minimum atomic E-state index is -0.745. The number of hydrogen-bond donors (Lipinski definition) is 3. The molecule has 0 aromatic heterocycles. The minimum Gasteiger partial charge on any atom is -0.508 e. The van der Waals surface area contributed by atoms with Crippen molar-refractivity contribution in [3.63, 3.8) is 0 Å². The summed E-state index contributed by atoms with van der Waals surface area (Å²) in [6.07, 6.45) is 6.87. The number of carbonyl (C=O) groups excluding carboxylic acids is 1. The molecule has 2 atom stereocenters. The van der Waals surface area contributed by atoms with Crippen molar-refractivity contribution < 1.29 is 29.6 Å². The van der Waals surface area contributed by atoms with Crippen LogP contribution < -0.4 is 9.47 Å². The van der Waals surface area contributed by atoms with Crippen LogP contribution in [0.15, 0.2) is 42.0 Å². The lowest BCUT2D eigenvalue weighted by Gasteiger charge is -2.33. The summed E-state index contributed by atoms with van der Waals surface area (Å²) in [4.78, 5) is 12.6. The number of ether oxygens (including phenoxy) is 2. The van der Waals surface area contributed by atoms with E-state index in [1.54, 1.807) is 12.1 Å². The van der Waals surface area contributed by atoms with E-state index in [1.165, 1.54) is 11.6 Å². The molecule has 2 aliphatic heterocycles. The summed E-state index contributed by atoms with van der Waals surface area (Å²) < 4.78 is 12.0. The number of hydrogen-bond acceptors (Lipinski definition) is 6. The van der Waals surface area contributed by atoms with Crippen LogP contribution in [0, 0.1) is 0 Å². The first-order chi connectivity index (χ1) is 14.7. The van der Waals surface area contributed by atoms with Crippen LogP contribution in [0.25, 0.3) is 6.08 Å². The highest BCUT2D eigenvalue weighted by molar-refractivity contribution is 6.02. The van der Waals surface area contributed by atoms with Crippen molar-refractivity contribution in [1.29, 1.82) is 0 Å². The number of allylic oxidation sites excluding steroid dienone is 2. The Morgan fingerprint density at radius 3 is 2.71 bits per heavy atom. The second kappa shape index (κ2) is 7.69. The Morgan fingerprint density at radius 2 is 1.97 bits per heavy atom. The lowest BCUT2D eigenvalue weighted by molar-refractivity contribution is 0.0841.